The van der Waals surface area contributed by atoms with Crippen LogP contribution in [0.4, 0.5) is 5.69 Å². The van der Waals surface area contributed by atoms with Gasteiger partial charge in [0.2, 0.25) is 11.8 Å². The van der Waals surface area contributed by atoms with Crippen molar-refractivity contribution in [3.8, 4) is 5.75 Å². The van der Waals surface area contributed by atoms with Crippen molar-refractivity contribution in [1.82, 2.24) is 15.1 Å². The third-order valence-electron chi connectivity index (χ3n) is 3.95. The van der Waals surface area contributed by atoms with Gasteiger partial charge >= 0.3 is 0 Å². The second kappa shape index (κ2) is 8.81. The van der Waals surface area contributed by atoms with Gasteiger partial charge < -0.3 is 15.4 Å². The van der Waals surface area contributed by atoms with Gasteiger partial charge in [0.05, 0.1) is 24.7 Å². The van der Waals surface area contributed by atoms with E-state index in [-0.39, 0.29) is 24.6 Å². The van der Waals surface area contributed by atoms with Crippen LogP contribution in [0.1, 0.15) is 6.92 Å². The lowest BCUT2D eigenvalue weighted by Crippen LogP contribution is -2.37. The fraction of sp³-hybridized carbons (Fsp3) is 0.200. The monoisotopic (exact) mass is 380 g/mol. The molecule has 0 unspecified atom stereocenters. The molecule has 2 aromatic carbocycles. The van der Waals surface area contributed by atoms with E-state index in [9.17, 15) is 14.4 Å². The van der Waals surface area contributed by atoms with E-state index in [1.165, 1.54) is 6.20 Å². The molecule has 0 atom stereocenters. The Morgan fingerprint density at radius 1 is 1.07 bits per heavy atom. The van der Waals surface area contributed by atoms with E-state index < -0.39 is 5.91 Å². The molecule has 0 bridgehead atoms. The van der Waals surface area contributed by atoms with E-state index in [0.29, 0.717) is 28.8 Å². The number of carbonyl (C=O) groups is 2. The number of benzene rings is 2. The number of aromatic nitrogens is 2. The summed E-state index contributed by atoms with van der Waals surface area (Å²) in [7, 11) is 0. The molecule has 8 nitrogen and oxygen atoms in total. The molecule has 2 amide bonds. The molecule has 0 aliphatic heterocycles. The molecule has 3 rings (SSSR count). The molecule has 1 heterocycles. The average molecular weight is 380 g/mol. The Kier molecular flexibility index (Phi) is 6.01. The van der Waals surface area contributed by atoms with E-state index >= 15 is 0 Å². The van der Waals surface area contributed by atoms with E-state index in [1.807, 2.05) is 13.0 Å². The maximum absolute atomic E-state index is 12.3. The molecule has 28 heavy (non-hydrogen) atoms. The number of carbonyl (C=O) groups excluding carboxylic acids is 2. The van der Waals surface area contributed by atoms with Crippen molar-refractivity contribution in [2.75, 3.05) is 18.5 Å². The highest BCUT2D eigenvalue weighted by molar-refractivity contribution is 5.94. The second-order valence-corrected chi connectivity index (χ2v) is 5.98. The van der Waals surface area contributed by atoms with Crippen molar-refractivity contribution in [1.29, 1.82) is 0 Å². The topological polar surface area (TPSA) is 102 Å². The van der Waals surface area contributed by atoms with Crippen molar-refractivity contribution in [3.05, 3.63) is 65.1 Å². The number of nitrogens with one attached hydrogen (secondary N) is 2. The van der Waals surface area contributed by atoms with Crippen LogP contribution in [0.2, 0.25) is 0 Å². The van der Waals surface area contributed by atoms with Crippen molar-refractivity contribution >= 4 is 28.3 Å². The number of ether oxygens (including phenoxy) is 1. The molecule has 144 valence electrons. The van der Waals surface area contributed by atoms with Gasteiger partial charge in [0.1, 0.15) is 12.3 Å². The summed E-state index contributed by atoms with van der Waals surface area (Å²) in [4.78, 5) is 36.4. The van der Waals surface area contributed by atoms with Crippen LogP contribution >= 0.6 is 0 Å². The van der Waals surface area contributed by atoms with Crippen molar-refractivity contribution in [3.63, 3.8) is 0 Å². The third kappa shape index (κ3) is 4.73. The van der Waals surface area contributed by atoms with Gasteiger partial charge in [-0.3, -0.25) is 14.4 Å². The van der Waals surface area contributed by atoms with Crippen LogP contribution in [0.5, 0.6) is 5.75 Å². The molecule has 0 aliphatic carbocycles. The summed E-state index contributed by atoms with van der Waals surface area (Å²) in [5.41, 5.74) is 0.238. The molecule has 0 aliphatic rings. The lowest BCUT2D eigenvalue weighted by atomic mass is 10.2. The summed E-state index contributed by atoms with van der Waals surface area (Å²) in [6.45, 7) is 1.97. The third-order valence-corrected chi connectivity index (χ3v) is 3.95. The molecule has 0 saturated carbocycles. The van der Waals surface area contributed by atoms with E-state index in [0.717, 1.165) is 4.68 Å². The van der Waals surface area contributed by atoms with Gasteiger partial charge in [-0.05, 0) is 37.3 Å². The van der Waals surface area contributed by atoms with Gasteiger partial charge in [-0.25, -0.2) is 4.68 Å². The summed E-state index contributed by atoms with van der Waals surface area (Å²) < 4.78 is 6.41. The fourth-order valence-electron chi connectivity index (χ4n) is 2.62. The first kappa shape index (κ1) is 19.1. The van der Waals surface area contributed by atoms with Crippen molar-refractivity contribution in [2.24, 2.45) is 0 Å². The highest BCUT2D eigenvalue weighted by atomic mass is 16.5. The predicted molar refractivity (Wildman–Crippen MR) is 105 cm³/mol. The standard InChI is InChI=1S/C20H20N4O4/c1-2-28-16-9-7-15(8-10-16)23-18(25)12-21-19(26)13-24-20(27)17-6-4-3-5-14(17)11-22-24/h3-11H,2,12-13H2,1H3,(H,21,26)(H,23,25). The number of hydrogen-bond acceptors (Lipinski definition) is 5. The quantitative estimate of drug-likeness (QED) is 0.647. The summed E-state index contributed by atoms with van der Waals surface area (Å²) in [6.07, 6.45) is 1.53. The lowest BCUT2D eigenvalue weighted by molar-refractivity contribution is -0.124. The van der Waals surface area contributed by atoms with E-state index in [4.69, 9.17) is 4.74 Å². The first-order chi connectivity index (χ1) is 13.6. The molecule has 2 N–H and O–H groups in total. The maximum atomic E-state index is 12.3. The number of amides is 2. The zero-order valence-electron chi connectivity index (χ0n) is 15.3. The molecule has 0 saturated heterocycles. The van der Waals surface area contributed by atoms with Gasteiger partial charge in [-0.2, -0.15) is 5.10 Å². The smallest absolute Gasteiger partial charge is 0.275 e. The Bertz CT molecular complexity index is 1040. The highest BCUT2D eigenvalue weighted by Gasteiger charge is 2.10. The molecule has 3 aromatic rings. The van der Waals surface area contributed by atoms with Gasteiger partial charge in [0, 0.05) is 11.1 Å². The zero-order valence-corrected chi connectivity index (χ0v) is 15.3. The molecule has 0 spiro atoms. The summed E-state index contributed by atoms with van der Waals surface area (Å²) in [6, 6.07) is 13.9. The van der Waals surface area contributed by atoms with Crippen molar-refractivity contribution in [2.45, 2.75) is 13.5 Å². The second-order valence-electron chi connectivity index (χ2n) is 5.98. The Morgan fingerprint density at radius 2 is 1.82 bits per heavy atom. The molecular formula is C20H20N4O4. The first-order valence-corrected chi connectivity index (χ1v) is 8.81. The number of nitrogens with zero attached hydrogens (tertiary/aromatic N) is 2. The summed E-state index contributed by atoms with van der Waals surface area (Å²) in [5, 5.41) is 10.3. The molecule has 8 heteroatoms. The van der Waals surface area contributed by atoms with Crippen LogP contribution in [-0.2, 0) is 16.1 Å². The number of hydrogen-bond donors (Lipinski definition) is 2. The normalized spacial score (nSPS) is 10.5. The highest BCUT2D eigenvalue weighted by Crippen LogP contribution is 2.15. The van der Waals surface area contributed by atoms with Crippen molar-refractivity contribution < 1.29 is 14.3 Å². The Hall–Kier alpha value is -3.68. The molecule has 0 radical (unpaired) electrons. The minimum absolute atomic E-state index is 0.214. The Balaban J connectivity index is 1.53. The maximum Gasteiger partial charge on any atom is 0.275 e. The molecule has 0 fully saturated rings. The van der Waals surface area contributed by atoms with Crippen LogP contribution in [-0.4, -0.2) is 34.7 Å². The number of rotatable bonds is 7. The van der Waals surface area contributed by atoms with Crippen LogP contribution in [0.15, 0.2) is 59.5 Å². The van der Waals surface area contributed by atoms with Gasteiger partial charge in [-0.15, -0.1) is 0 Å². The number of anilines is 1. The molecular weight excluding hydrogens is 360 g/mol. The van der Waals surface area contributed by atoms with Gasteiger partial charge in [-0.1, -0.05) is 18.2 Å². The number of fused-ring (bicyclic) bond motifs is 1. The van der Waals surface area contributed by atoms with E-state index in [2.05, 4.69) is 15.7 Å². The Morgan fingerprint density at radius 3 is 2.57 bits per heavy atom. The zero-order chi connectivity index (χ0) is 19.9. The van der Waals surface area contributed by atoms with Crippen LogP contribution in [0.3, 0.4) is 0 Å². The largest absolute Gasteiger partial charge is 0.494 e. The van der Waals surface area contributed by atoms with Gasteiger partial charge in [0.15, 0.2) is 0 Å². The minimum atomic E-state index is -0.480. The molecule has 1 aromatic heterocycles. The minimum Gasteiger partial charge on any atom is -0.494 e. The first-order valence-electron chi connectivity index (χ1n) is 8.81. The van der Waals surface area contributed by atoms with Gasteiger partial charge in [0.25, 0.3) is 5.56 Å². The van der Waals surface area contributed by atoms with Crippen LogP contribution < -0.4 is 20.9 Å². The summed E-state index contributed by atoms with van der Waals surface area (Å²) in [5.74, 6) is -0.148. The SMILES string of the molecule is CCOc1ccc(NC(=O)CNC(=O)Cn2ncc3ccccc3c2=O)cc1. The predicted octanol–water partition coefficient (Wildman–Crippen LogP) is 1.55. The van der Waals surface area contributed by atoms with Crippen LogP contribution in [0.25, 0.3) is 10.8 Å². The van der Waals surface area contributed by atoms with E-state index in [1.54, 1.807) is 42.5 Å². The Labute approximate surface area is 161 Å². The summed E-state index contributed by atoms with van der Waals surface area (Å²) >= 11 is 0. The lowest BCUT2D eigenvalue weighted by Gasteiger charge is -2.09. The fourth-order valence-corrected chi connectivity index (χ4v) is 2.62. The van der Waals surface area contributed by atoms with Crippen LogP contribution in [0, 0.1) is 0 Å². The average Bonchev–Trinajstić information content (AvgIpc) is 2.70.